The molecule has 1 unspecified atom stereocenters. The molecule has 36 heavy (non-hydrogen) atoms. The van der Waals surface area contributed by atoms with Crippen LogP contribution in [0.25, 0.3) is 38.9 Å². The van der Waals surface area contributed by atoms with Crippen LogP contribution in [0, 0.1) is 0 Å². The van der Waals surface area contributed by atoms with Gasteiger partial charge in [-0.2, -0.15) is 10.2 Å². The predicted octanol–water partition coefficient (Wildman–Crippen LogP) is 3.87. The second-order valence-electron chi connectivity index (χ2n) is 8.05. The third-order valence-corrected chi connectivity index (χ3v) is 6.16. The van der Waals surface area contributed by atoms with Crippen LogP contribution >= 0.6 is 11.6 Å². The predicted molar refractivity (Wildman–Crippen MR) is 135 cm³/mol. The zero-order valence-electron chi connectivity index (χ0n) is 19.2. The lowest BCUT2D eigenvalue weighted by Gasteiger charge is -2.11. The minimum absolute atomic E-state index is 0.256. The van der Waals surface area contributed by atoms with Crippen molar-refractivity contribution in [3.63, 3.8) is 0 Å². The van der Waals surface area contributed by atoms with E-state index in [0.717, 1.165) is 22.3 Å². The molecule has 0 saturated carbocycles. The fraction of sp³-hybridized carbons (Fsp3) is 0.125. The molecule has 0 amide bonds. The Labute approximate surface area is 209 Å². The van der Waals surface area contributed by atoms with Gasteiger partial charge in [0.05, 0.1) is 41.6 Å². The fourth-order valence-corrected chi connectivity index (χ4v) is 4.39. The first-order valence-corrected chi connectivity index (χ1v) is 11.4. The van der Waals surface area contributed by atoms with Crippen molar-refractivity contribution in [1.82, 2.24) is 44.5 Å². The van der Waals surface area contributed by atoms with Gasteiger partial charge in [0.2, 0.25) is 0 Å². The number of methoxy groups -OCH3 is 1. The lowest BCUT2D eigenvalue weighted by Crippen LogP contribution is -2.11. The molecule has 0 spiro atoms. The third-order valence-electron chi connectivity index (χ3n) is 5.93. The third kappa shape index (κ3) is 3.48. The van der Waals surface area contributed by atoms with Gasteiger partial charge in [0.1, 0.15) is 17.8 Å². The van der Waals surface area contributed by atoms with Crippen LogP contribution in [-0.2, 0) is 0 Å². The molecule has 5 aromatic heterocycles. The largest absolute Gasteiger partial charge is 0.467 e. The van der Waals surface area contributed by atoms with Crippen molar-refractivity contribution >= 4 is 39.4 Å². The minimum atomic E-state index is -0.323. The van der Waals surface area contributed by atoms with E-state index in [1.807, 2.05) is 41.9 Å². The molecule has 0 aliphatic heterocycles. The van der Waals surface area contributed by atoms with Crippen LogP contribution in [0.3, 0.4) is 0 Å². The van der Waals surface area contributed by atoms with E-state index in [1.165, 1.54) is 13.4 Å². The molecule has 0 saturated heterocycles. The number of halogens is 1. The minimum Gasteiger partial charge on any atom is -0.467 e. The highest BCUT2D eigenvalue weighted by Gasteiger charge is 2.25. The standard InChI is InChI=1S/C24H19ClN10O/c1-13(20-17-6-5-15(25)8-18(17)35(32-20)16-4-3-7-27-11-16)34-23-19(22(26)30-12-31-23)21(33-34)14-9-28-24(36-2)29-10-14/h3-13H,1-2H3,(H2,26,30,31). The zero-order valence-corrected chi connectivity index (χ0v) is 20.0. The number of fused-ring (bicyclic) bond motifs is 2. The Balaban J connectivity index is 1.56. The fourth-order valence-electron chi connectivity index (χ4n) is 4.22. The summed E-state index contributed by atoms with van der Waals surface area (Å²) in [4.78, 5) is 21.3. The van der Waals surface area contributed by atoms with Crippen LogP contribution in [0.2, 0.25) is 5.02 Å². The summed E-state index contributed by atoms with van der Waals surface area (Å²) < 4.78 is 8.70. The number of ether oxygens (including phenoxy) is 1. The van der Waals surface area contributed by atoms with E-state index in [9.17, 15) is 0 Å². The van der Waals surface area contributed by atoms with Gasteiger partial charge >= 0.3 is 6.01 Å². The van der Waals surface area contributed by atoms with Crippen molar-refractivity contribution in [2.24, 2.45) is 0 Å². The van der Waals surface area contributed by atoms with E-state index in [4.69, 9.17) is 32.3 Å². The average molecular weight is 499 g/mol. The molecule has 0 bridgehead atoms. The van der Waals surface area contributed by atoms with Crippen molar-refractivity contribution in [2.45, 2.75) is 13.0 Å². The van der Waals surface area contributed by atoms with Gasteiger partial charge in [0.25, 0.3) is 0 Å². The quantitative estimate of drug-likeness (QED) is 0.375. The van der Waals surface area contributed by atoms with E-state index in [-0.39, 0.29) is 12.1 Å². The molecule has 11 nitrogen and oxygen atoms in total. The van der Waals surface area contributed by atoms with Gasteiger partial charge in [-0.3, -0.25) is 4.98 Å². The van der Waals surface area contributed by atoms with Gasteiger partial charge in [0.15, 0.2) is 5.65 Å². The van der Waals surface area contributed by atoms with E-state index in [2.05, 4.69) is 24.9 Å². The molecular formula is C24H19ClN10O. The number of hydrogen-bond acceptors (Lipinski definition) is 9. The number of hydrogen-bond donors (Lipinski definition) is 1. The van der Waals surface area contributed by atoms with Gasteiger partial charge in [-0.15, -0.1) is 0 Å². The molecule has 12 heteroatoms. The number of nitrogens with zero attached hydrogens (tertiary/aromatic N) is 9. The first-order valence-electron chi connectivity index (χ1n) is 11.0. The van der Waals surface area contributed by atoms with Crippen LogP contribution in [0.1, 0.15) is 18.7 Å². The highest BCUT2D eigenvalue weighted by Crippen LogP contribution is 2.35. The Hall–Kier alpha value is -4.64. The summed E-state index contributed by atoms with van der Waals surface area (Å²) in [6.07, 6.45) is 8.15. The smallest absolute Gasteiger partial charge is 0.316 e. The molecule has 5 heterocycles. The highest BCUT2D eigenvalue weighted by molar-refractivity contribution is 6.31. The Bertz CT molecular complexity index is 1710. The Morgan fingerprint density at radius 2 is 1.86 bits per heavy atom. The number of nitrogen functional groups attached to an aromatic ring is 1. The van der Waals surface area contributed by atoms with E-state index in [0.29, 0.717) is 33.1 Å². The summed E-state index contributed by atoms with van der Waals surface area (Å²) in [6, 6.07) is 9.42. The van der Waals surface area contributed by atoms with Crippen molar-refractivity contribution in [3.05, 3.63) is 72.2 Å². The van der Waals surface area contributed by atoms with Crippen LogP contribution in [0.4, 0.5) is 5.82 Å². The summed E-state index contributed by atoms with van der Waals surface area (Å²) in [5.74, 6) is 0.307. The van der Waals surface area contributed by atoms with Crippen LogP contribution in [0.15, 0.2) is 61.4 Å². The van der Waals surface area contributed by atoms with E-state index in [1.54, 1.807) is 29.5 Å². The number of benzene rings is 1. The van der Waals surface area contributed by atoms with Crippen LogP contribution in [-0.4, -0.2) is 51.6 Å². The lowest BCUT2D eigenvalue weighted by atomic mass is 10.1. The van der Waals surface area contributed by atoms with Crippen LogP contribution in [0.5, 0.6) is 6.01 Å². The molecule has 1 aromatic carbocycles. The first-order chi connectivity index (χ1) is 17.5. The molecule has 0 fully saturated rings. The first kappa shape index (κ1) is 21.9. The zero-order chi connectivity index (χ0) is 24.8. The summed E-state index contributed by atoms with van der Waals surface area (Å²) in [7, 11) is 1.51. The molecule has 6 aromatic rings. The maximum absolute atomic E-state index is 6.35. The molecule has 0 aliphatic rings. The monoisotopic (exact) mass is 498 g/mol. The summed E-state index contributed by atoms with van der Waals surface area (Å²) in [5, 5.41) is 12.0. The van der Waals surface area contributed by atoms with Gasteiger partial charge in [0, 0.05) is 34.6 Å². The van der Waals surface area contributed by atoms with E-state index >= 15 is 0 Å². The molecule has 0 aliphatic carbocycles. The number of nitrogens with two attached hydrogens (primary N) is 1. The number of anilines is 1. The second kappa shape index (κ2) is 8.54. The van der Waals surface area contributed by atoms with Crippen molar-refractivity contribution < 1.29 is 4.74 Å². The summed E-state index contributed by atoms with van der Waals surface area (Å²) >= 11 is 6.35. The molecule has 6 rings (SSSR count). The van der Waals surface area contributed by atoms with Crippen LogP contribution < -0.4 is 10.5 Å². The highest BCUT2D eigenvalue weighted by atomic mass is 35.5. The van der Waals surface area contributed by atoms with Gasteiger partial charge in [-0.05, 0) is 37.3 Å². The van der Waals surface area contributed by atoms with Crippen molar-refractivity contribution in [3.8, 4) is 23.0 Å². The topological polar surface area (TPSA) is 135 Å². The number of pyridine rings is 1. The summed E-state index contributed by atoms with van der Waals surface area (Å²) in [5.41, 5.74) is 10.5. The molecule has 1 atom stereocenters. The molecule has 178 valence electrons. The Morgan fingerprint density at radius 1 is 1.03 bits per heavy atom. The normalized spacial score (nSPS) is 12.3. The van der Waals surface area contributed by atoms with Crippen molar-refractivity contribution in [1.29, 1.82) is 0 Å². The van der Waals surface area contributed by atoms with Gasteiger partial charge < -0.3 is 10.5 Å². The summed E-state index contributed by atoms with van der Waals surface area (Å²) in [6.45, 7) is 2.00. The van der Waals surface area contributed by atoms with Gasteiger partial charge in [-0.1, -0.05) is 11.6 Å². The number of aromatic nitrogens is 9. The number of rotatable bonds is 5. The molecule has 2 N–H and O–H groups in total. The lowest BCUT2D eigenvalue weighted by molar-refractivity contribution is 0.380. The van der Waals surface area contributed by atoms with Gasteiger partial charge in [-0.25, -0.2) is 29.3 Å². The van der Waals surface area contributed by atoms with Crippen molar-refractivity contribution in [2.75, 3.05) is 12.8 Å². The Morgan fingerprint density at radius 3 is 2.61 bits per heavy atom. The maximum atomic E-state index is 6.35. The molecular weight excluding hydrogens is 480 g/mol. The second-order valence-corrected chi connectivity index (χ2v) is 8.49. The Kier molecular flexibility index (Phi) is 5.19. The molecule has 0 radical (unpaired) electrons. The maximum Gasteiger partial charge on any atom is 0.316 e. The SMILES string of the molecule is COc1ncc(-c2nn(C(C)c3nn(-c4cccnc4)c4cc(Cl)ccc34)c3ncnc(N)c23)cn1. The van der Waals surface area contributed by atoms with E-state index < -0.39 is 0 Å². The average Bonchev–Trinajstić information content (AvgIpc) is 3.49.